The molecule has 0 bridgehead atoms. The highest BCUT2D eigenvalue weighted by Gasteiger charge is 2.29. The fourth-order valence-electron chi connectivity index (χ4n) is 8.62. The minimum absolute atomic E-state index is 0.231. The summed E-state index contributed by atoms with van der Waals surface area (Å²) in [5, 5.41) is 0. The van der Waals surface area contributed by atoms with E-state index in [1.165, 1.54) is 94.6 Å². The van der Waals surface area contributed by atoms with E-state index < -0.39 is 13.2 Å². The minimum Gasteiger partial charge on any atom is -0.435 e. The maximum absolute atomic E-state index is 12.2. The van der Waals surface area contributed by atoms with Crippen molar-refractivity contribution in [3.8, 4) is 11.5 Å². The Balaban J connectivity index is 0.000000185. The van der Waals surface area contributed by atoms with Crippen molar-refractivity contribution in [3.05, 3.63) is 71.8 Å². The Hall–Kier alpha value is -2.76. The molecule has 0 heterocycles. The zero-order chi connectivity index (χ0) is 33.2. The number of hydrogen-bond acceptors (Lipinski definition) is 2. The smallest absolute Gasteiger partial charge is 0.387 e. The number of rotatable bonds is 9. The van der Waals surface area contributed by atoms with Crippen LogP contribution in [-0.4, -0.2) is 13.2 Å². The highest BCUT2D eigenvalue weighted by atomic mass is 19.3. The number of hydrogen-bond donors (Lipinski definition) is 0. The molecule has 0 N–H and O–H groups in total. The Labute approximate surface area is 280 Å². The number of allylic oxidation sites excluding steroid dienone is 4. The van der Waals surface area contributed by atoms with E-state index in [0.717, 1.165) is 59.5 Å². The maximum atomic E-state index is 12.2. The van der Waals surface area contributed by atoms with Gasteiger partial charge < -0.3 is 9.47 Å². The highest BCUT2D eigenvalue weighted by Crippen LogP contribution is 2.43. The summed E-state index contributed by atoms with van der Waals surface area (Å²) in [6.45, 7) is -0.823. The van der Waals surface area contributed by atoms with Gasteiger partial charge in [0.2, 0.25) is 0 Å². The summed E-state index contributed by atoms with van der Waals surface area (Å²) in [5.74, 6) is 5.84. The molecule has 2 aromatic rings. The predicted octanol–water partition coefficient (Wildman–Crippen LogP) is 13.0. The molecule has 47 heavy (non-hydrogen) atoms. The summed E-state index contributed by atoms with van der Waals surface area (Å²) >= 11 is 0. The molecule has 2 unspecified atom stereocenters. The van der Waals surface area contributed by atoms with E-state index in [1.54, 1.807) is 24.3 Å². The first-order valence-corrected chi connectivity index (χ1v) is 18.3. The van der Waals surface area contributed by atoms with Crippen LogP contribution >= 0.6 is 0 Å². The molecule has 0 aromatic heterocycles. The molecular formula is C41H54F4O2. The molecule has 0 spiro atoms. The van der Waals surface area contributed by atoms with Gasteiger partial charge in [0, 0.05) is 0 Å². The van der Waals surface area contributed by atoms with Crippen LogP contribution in [0.4, 0.5) is 17.6 Å². The summed E-state index contributed by atoms with van der Waals surface area (Å²) in [5.41, 5.74) is 5.00. The van der Waals surface area contributed by atoms with Gasteiger partial charge in [0.1, 0.15) is 11.5 Å². The third-order valence-corrected chi connectivity index (χ3v) is 11.7. The zero-order valence-electron chi connectivity index (χ0n) is 28.3. The Kier molecular flexibility index (Phi) is 13.3. The fraction of sp³-hybridized carbons (Fsp3) is 0.610. The SMILES string of the molecule is CC1CCC(C2CC=C(c3ccc(OC(F)F)cc3)CC2)CC1.CCC1CCC(C2CC=C(c3ccc(OC(F)F)cc3)CC2)CC1. The topological polar surface area (TPSA) is 18.5 Å². The van der Waals surface area contributed by atoms with Crippen molar-refractivity contribution >= 4 is 11.1 Å². The highest BCUT2D eigenvalue weighted by molar-refractivity contribution is 5.67. The summed E-state index contributed by atoms with van der Waals surface area (Å²) in [4.78, 5) is 0. The first kappa shape index (κ1) is 35.5. The van der Waals surface area contributed by atoms with Crippen LogP contribution < -0.4 is 9.47 Å². The predicted molar refractivity (Wildman–Crippen MR) is 184 cm³/mol. The Morgan fingerprint density at radius 3 is 1.30 bits per heavy atom. The average molecular weight is 655 g/mol. The van der Waals surface area contributed by atoms with Crippen molar-refractivity contribution in [2.45, 2.75) is 123 Å². The lowest BCUT2D eigenvalue weighted by atomic mass is 9.70. The van der Waals surface area contributed by atoms with Crippen LogP contribution in [0.15, 0.2) is 60.7 Å². The molecule has 6 heteroatoms. The molecule has 258 valence electrons. The maximum Gasteiger partial charge on any atom is 0.387 e. The van der Waals surface area contributed by atoms with Crippen LogP contribution in [0.5, 0.6) is 11.5 Å². The van der Waals surface area contributed by atoms with Crippen LogP contribution in [-0.2, 0) is 0 Å². The normalized spacial score (nSPS) is 28.2. The molecule has 2 fully saturated rings. The van der Waals surface area contributed by atoms with Gasteiger partial charge in [-0.1, -0.05) is 82.4 Å². The summed E-state index contributed by atoms with van der Waals surface area (Å²) in [6, 6.07) is 14.1. The second kappa shape index (κ2) is 17.6. The van der Waals surface area contributed by atoms with E-state index in [9.17, 15) is 17.6 Å². The second-order valence-corrected chi connectivity index (χ2v) is 14.5. The molecule has 2 aromatic carbocycles. The van der Waals surface area contributed by atoms with Crippen LogP contribution in [0.1, 0.15) is 121 Å². The zero-order valence-corrected chi connectivity index (χ0v) is 28.3. The third kappa shape index (κ3) is 10.6. The standard InChI is InChI=1S/C21H28F2O.C20H26F2O/c1-2-15-3-5-16(6-4-15)17-7-9-18(10-8-17)19-11-13-20(14-12-19)24-21(22)23;1-14-2-4-15(5-3-14)16-6-8-17(9-7-16)18-10-12-19(13-11-18)23-20(21)22/h9,11-17,21H,2-8,10H2,1H3;8,10-16,20H,2-7,9H2,1H3. The van der Waals surface area contributed by atoms with Crippen LogP contribution in [0, 0.1) is 35.5 Å². The first-order valence-electron chi connectivity index (χ1n) is 18.3. The Bertz CT molecular complexity index is 1270. The molecular weight excluding hydrogens is 600 g/mol. The molecule has 6 rings (SSSR count). The van der Waals surface area contributed by atoms with Crippen LogP contribution in [0.2, 0.25) is 0 Å². The Morgan fingerprint density at radius 2 is 0.957 bits per heavy atom. The van der Waals surface area contributed by atoms with Gasteiger partial charge in [-0.2, -0.15) is 17.6 Å². The lowest BCUT2D eigenvalue weighted by Gasteiger charge is -2.35. The lowest BCUT2D eigenvalue weighted by Crippen LogP contribution is -2.22. The molecule has 4 aliphatic carbocycles. The van der Waals surface area contributed by atoms with Gasteiger partial charge in [-0.05, 0) is 146 Å². The number of halogens is 4. The van der Waals surface area contributed by atoms with E-state index in [0.29, 0.717) is 0 Å². The molecule has 2 nitrogen and oxygen atoms in total. The second-order valence-electron chi connectivity index (χ2n) is 14.5. The van der Waals surface area contributed by atoms with Gasteiger partial charge in [-0.3, -0.25) is 0 Å². The first-order chi connectivity index (χ1) is 22.8. The largest absolute Gasteiger partial charge is 0.435 e. The lowest BCUT2D eigenvalue weighted by molar-refractivity contribution is -0.0505. The van der Waals surface area contributed by atoms with Crippen molar-refractivity contribution in [2.24, 2.45) is 35.5 Å². The van der Waals surface area contributed by atoms with Gasteiger partial charge >= 0.3 is 13.2 Å². The number of alkyl halides is 4. The Morgan fingerprint density at radius 1 is 0.553 bits per heavy atom. The van der Waals surface area contributed by atoms with Crippen LogP contribution in [0.25, 0.3) is 11.1 Å². The van der Waals surface area contributed by atoms with Crippen molar-refractivity contribution in [3.63, 3.8) is 0 Å². The van der Waals surface area contributed by atoms with E-state index in [-0.39, 0.29) is 11.5 Å². The molecule has 2 saturated carbocycles. The van der Waals surface area contributed by atoms with E-state index >= 15 is 0 Å². The summed E-state index contributed by atoms with van der Waals surface area (Å²) in [7, 11) is 0. The molecule has 0 amide bonds. The van der Waals surface area contributed by atoms with Crippen molar-refractivity contribution in [2.75, 3.05) is 0 Å². The quantitative estimate of drug-likeness (QED) is 0.251. The van der Waals surface area contributed by atoms with Gasteiger partial charge in [0.25, 0.3) is 0 Å². The van der Waals surface area contributed by atoms with E-state index in [4.69, 9.17) is 0 Å². The third-order valence-electron chi connectivity index (χ3n) is 11.7. The molecule has 0 saturated heterocycles. The van der Waals surface area contributed by atoms with Crippen molar-refractivity contribution in [1.82, 2.24) is 0 Å². The molecule has 4 aliphatic rings. The number of ether oxygens (including phenoxy) is 2. The summed E-state index contributed by atoms with van der Waals surface area (Å²) in [6.07, 6.45) is 24.4. The van der Waals surface area contributed by atoms with Crippen molar-refractivity contribution < 1.29 is 27.0 Å². The van der Waals surface area contributed by atoms with Gasteiger partial charge in [0.15, 0.2) is 0 Å². The van der Waals surface area contributed by atoms with Crippen molar-refractivity contribution in [1.29, 1.82) is 0 Å². The average Bonchev–Trinajstić information content (AvgIpc) is 3.09. The van der Waals surface area contributed by atoms with E-state index in [2.05, 4.69) is 35.5 Å². The summed E-state index contributed by atoms with van der Waals surface area (Å²) < 4.78 is 57.6. The molecule has 0 radical (unpaired) electrons. The monoisotopic (exact) mass is 654 g/mol. The molecule has 0 aliphatic heterocycles. The molecule has 2 atom stereocenters. The van der Waals surface area contributed by atoms with Gasteiger partial charge in [-0.25, -0.2) is 0 Å². The minimum atomic E-state index is -2.76. The number of benzene rings is 2. The van der Waals surface area contributed by atoms with E-state index in [1.807, 2.05) is 24.3 Å². The van der Waals surface area contributed by atoms with Gasteiger partial charge in [-0.15, -0.1) is 0 Å². The van der Waals surface area contributed by atoms with Crippen LogP contribution in [0.3, 0.4) is 0 Å². The fourth-order valence-corrected chi connectivity index (χ4v) is 8.62. The van der Waals surface area contributed by atoms with Gasteiger partial charge in [0.05, 0.1) is 0 Å².